The summed E-state index contributed by atoms with van der Waals surface area (Å²) in [6.07, 6.45) is -1.46. The summed E-state index contributed by atoms with van der Waals surface area (Å²) in [5.74, 6) is -1.13. The van der Waals surface area contributed by atoms with Crippen molar-refractivity contribution in [1.29, 1.82) is 0 Å². The number of fused-ring (bicyclic) bond motifs is 1. The van der Waals surface area contributed by atoms with Gasteiger partial charge in [0.15, 0.2) is 0 Å². The first kappa shape index (κ1) is 15.4. The van der Waals surface area contributed by atoms with Crippen molar-refractivity contribution in [3.63, 3.8) is 0 Å². The molecule has 0 bridgehead atoms. The lowest BCUT2D eigenvalue weighted by Gasteiger charge is -2.12. The van der Waals surface area contributed by atoms with Crippen LogP contribution in [0.5, 0.6) is 0 Å². The van der Waals surface area contributed by atoms with Crippen LogP contribution in [-0.2, 0) is 26.0 Å². The maximum atomic E-state index is 12.0. The Kier molecular flexibility index (Phi) is 3.99. The van der Waals surface area contributed by atoms with Crippen LogP contribution in [-0.4, -0.2) is 45.0 Å². The van der Waals surface area contributed by atoms with E-state index >= 15 is 0 Å². The summed E-state index contributed by atoms with van der Waals surface area (Å²) in [4.78, 5) is 23.6. The van der Waals surface area contributed by atoms with Gasteiger partial charge in [0, 0.05) is 19.3 Å². The van der Waals surface area contributed by atoms with E-state index in [1.807, 2.05) is 0 Å². The Labute approximate surface area is 121 Å². The molecule has 0 spiro atoms. The highest BCUT2D eigenvalue weighted by Crippen LogP contribution is 2.29. The number of amides is 2. The van der Waals surface area contributed by atoms with Crippen LogP contribution in [0, 0.1) is 0 Å². The zero-order chi connectivity index (χ0) is 15.8. The van der Waals surface area contributed by atoms with E-state index in [1.165, 1.54) is 17.0 Å². The molecule has 1 aromatic rings. The van der Waals surface area contributed by atoms with Crippen molar-refractivity contribution in [3.8, 4) is 0 Å². The third kappa shape index (κ3) is 3.04. The fraction of sp³-hybridized carbons (Fsp3) is 0.333. The summed E-state index contributed by atoms with van der Waals surface area (Å²) in [5, 5.41) is 9.21. The summed E-state index contributed by atoms with van der Waals surface area (Å²) in [6, 6.07) is 4.29. The van der Waals surface area contributed by atoms with Gasteiger partial charge in [-0.3, -0.25) is 9.59 Å². The molecule has 0 saturated heterocycles. The molecular formula is C12H15N3O5S. The van der Waals surface area contributed by atoms with Crippen molar-refractivity contribution in [3.05, 3.63) is 23.8 Å². The summed E-state index contributed by atoms with van der Waals surface area (Å²) in [6.45, 7) is -0.506. The van der Waals surface area contributed by atoms with Crippen LogP contribution in [0.15, 0.2) is 23.1 Å². The third-order valence-electron chi connectivity index (χ3n) is 3.23. The van der Waals surface area contributed by atoms with Gasteiger partial charge in [-0.1, -0.05) is 0 Å². The molecule has 1 aliphatic rings. The zero-order valence-corrected chi connectivity index (χ0v) is 12.1. The van der Waals surface area contributed by atoms with Gasteiger partial charge in [-0.05, 0) is 23.8 Å². The van der Waals surface area contributed by atoms with Crippen LogP contribution in [0.1, 0.15) is 5.56 Å². The van der Waals surface area contributed by atoms with Crippen molar-refractivity contribution in [2.24, 2.45) is 5.73 Å². The molecule has 114 valence electrons. The number of nitrogens with one attached hydrogen (secondary N) is 1. The van der Waals surface area contributed by atoms with E-state index in [2.05, 4.69) is 4.72 Å². The summed E-state index contributed by atoms with van der Waals surface area (Å²) >= 11 is 0. The molecule has 2 amide bonds. The molecule has 0 radical (unpaired) electrons. The zero-order valence-electron chi connectivity index (χ0n) is 11.2. The molecule has 2 rings (SSSR count). The molecule has 21 heavy (non-hydrogen) atoms. The maximum absolute atomic E-state index is 12.0. The number of aliphatic hydroxyl groups excluding tert-OH is 1. The fourth-order valence-electron chi connectivity index (χ4n) is 1.99. The summed E-state index contributed by atoms with van der Waals surface area (Å²) in [5.41, 5.74) is 6.12. The Morgan fingerprint density at radius 2 is 2.19 bits per heavy atom. The first-order valence-corrected chi connectivity index (χ1v) is 7.57. The van der Waals surface area contributed by atoms with Gasteiger partial charge in [0.2, 0.25) is 21.8 Å². The van der Waals surface area contributed by atoms with Crippen molar-refractivity contribution in [2.45, 2.75) is 17.4 Å². The normalized spacial score (nSPS) is 15.9. The summed E-state index contributed by atoms with van der Waals surface area (Å²) in [7, 11) is -2.28. The highest BCUT2D eigenvalue weighted by molar-refractivity contribution is 7.89. The molecule has 0 aliphatic carbocycles. The van der Waals surface area contributed by atoms with Crippen LogP contribution in [0.4, 0.5) is 5.69 Å². The number of primary amides is 1. The Balaban J connectivity index is 2.21. The minimum Gasteiger partial charge on any atom is -0.382 e. The number of carbonyl (C=O) groups excluding carboxylic acids is 2. The molecule has 1 unspecified atom stereocenters. The van der Waals surface area contributed by atoms with E-state index in [1.54, 1.807) is 13.1 Å². The van der Waals surface area contributed by atoms with Gasteiger partial charge >= 0.3 is 0 Å². The molecule has 8 nitrogen and oxygen atoms in total. The van der Waals surface area contributed by atoms with E-state index in [0.717, 1.165) is 0 Å². The van der Waals surface area contributed by atoms with Gasteiger partial charge in [0.25, 0.3) is 0 Å². The number of benzene rings is 1. The fourth-order valence-corrected chi connectivity index (χ4v) is 3.07. The van der Waals surface area contributed by atoms with E-state index in [4.69, 9.17) is 5.73 Å². The average molecular weight is 313 g/mol. The lowest BCUT2D eigenvalue weighted by atomic mass is 10.2. The Morgan fingerprint density at radius 3 is 2.81 bits per heavy atom. The van der Waals surface area contributed by atoms with E-state index in [9.17, 15) is 23.1 Å². The highest BCUT2D eigenvalue weighted by Gasteiger charge is 2.26. The molecule has 1 heterocycles. The second kappa shape index (κ2) is 5.43. The first-order valence-electron chi connectivity index (χ1n) is 6.09. The number of hydrogen-bond donors (Lipinski definition) is 3. The lowest BCUT2D eigenvalue weighted by Crippen LogP contribution is -2.39. The number of rotatable bonds is 5. The van der Waals surface area contributed by atoms with E-state index in [0.29, 0.717) is 11.3 Å². The highest BCUT2D eigenvalue weighted by atomic mass is 32.2. The Hall–Kier alpha value is -1.97. The lowest BCUT2D eigenvalue weighted by molar-refractivity contribution is -0.125. The molecule has 1 atom stereocenters. The molecule has 0 fully saturated rings. The van der Waals surface area contributed by atoms with Gasteiger partial charge in [0.1, 0.15) is 6.10 Å². The number of hydrogen-bond acceptors (Lipinski definition) is 5. The number of nitrogens with two attached hydrogens (primary N) is 1. The topological polar surface area (TPSA) is 130 Å². The number of nitrogens with zero attached hydrogens (tertiary/aromatic N) is 1. The first-order chi connectivity index (χ1) is 9.72. The van der Waals surface area contributed by atoms with Crippen molar-refractivity contribution in [1.82, 2.24) is 4.72 Å². The van der Waals surface area contributed by atoms with Crippen molar-refractivity contribution in [2.75, 3.05) is 18.5 Å². The smallest absolute Gasteiger partial charge is 0.247 e. The second-order valence-electron chi connectivity index (χ2n) is 4.69. The van der Waals surface area contributed by atoms with Crippen LogP contribution in [0.3, 0.4) is 0 Å². The molecule has 4 N–H and O–H groups in total. The van der Waals surface area contributed by atoms with Crippen LogP contribution in [0.25, 0.3) is 0 Å². The monoisotopic (exact) mass is 313 g/mol. The Morgan fingerprint density at radius 1 is 1.52 bits per heavy atom. The molecular weight excluding hydrogens is 298 g/mol. The average Bonchev–Trinajstić information content (AvgIpc) is 2.71. The molecule has 9 heteroatoms. The standard InChI is InChI=1S/C12H15N3O5S/c1-15-9-3-2-8(4-7(9)5-11(15)17)21(19,20)14-6-10(16)12(13)18/h2-4,10,14,16H,5-6H2,1H3,(H2,13,18). The second-order valence-corrected chi connectivity index (χ2v) is 6.46. The van der Waals surface area contributed by atoms with Crippen LogP contribution in [0.2, 0.25) is 0 Å². The minimum absolute atomic E-state index is 0.0407. The number of sulfonamides is 1. The Bertz CT molecular complexity index is 701. The van der Waals surface area contributed by atoms with Crippen molar-refractivity contribution < 1.29 is 23.1 Å². The van der Waals surface area contributed by atoms with Gasteiger partial charge in [-0.15, -0.1) is 0 Å². The largest absolute Gasteiger partial charge is 0.382 e. The molecule has 0 aromatic heterocycles. The van der Waals surface area contributed by atoms with Gasteiger partial charge in [-0.25, -0.2) is 13.1 Å². The third-order valence-corrected chi connectivity index (χ3v) is 4.65. The van der Waals surface area contributed by atoms with Crippen LogP contribution >= 0.6 is 0 Å². The predicted molar refractivity (Wildman–Crippen MR) is 73.9 cm³/mol. The quantitative estimate of drug-likeness (QED) is 0.598. The van der Waals surface area contributed by atoms with Gasteiger partial charge in [-0.2, -0.15) is 0 Å². The van der Waals surface area contributed by atoms with E-state index < -0.39 is 28.6 Å². The minimum atomic E-state index is -3.89. The maximum Gasteiger partial charge on any atom is 0.247 e. The number of aliphatic hydroxyl groups is 1. The number of anilines is 1. The SMILES string of the molecule is CN1C(=O)Cc2cc(S(=O)(=O)NCC(O)C(N)=O)ccc21. The van der Waals surface area contributed by atoms with Gasteiger partial charge in [0.05, 0.1) is 11.3 Å². The summed E-state index contributed by atoms with van der Waals surface area (Å²) < 4.78 is 26.2. The molecule has 1 aliphatic heterocycles. The van der Waals surface area contributed by atoms with Crippen LogP contribution < -0.4 is 15.4 Å². The number of carbonyl (C=O) groups is 2. The molecule has 0 saturated carbocycles. The molecule has 1 aromatic carbocycles. The number of likely N-dealkylation sites (N-methyl/N-ethyl adjacent to an activating group) is 1. The predicted octanol–water partition coefficient (Wildman–Crippen LogP) is -1.67. The van der Waals surface area contributed by atoms with Crippen molar-refractivity contribution >= 4 is 27.5 Å². The van der Waals surface area contributed by atoms with E-state index in [-0.39, 0.29) is 17.2 Å². The van der Waals surface area contributed by atoms with Gasteiger partial charge < -0.3 is 15.7 Å².